The molecule has 1 amide bonds. The minimum atomic E-state index is 0.235. The fourth-order valence-electron chi connectivity index (χ4n) is 2.49. The monoisotopic (exact) mass is 254 g/mol. The molecular weight excluding hydrogens is 228 g/mol. The first-order chi connectivity index (χ1) is 8.66. The summed E-state index contributed by atoms with van der Waals surface area (Å²) in [6, 6.07) is 0. The summed E-state index contributed by atoms with van der Waals surface area (Å²) in [6.07, 6.45) is 1.09. The number of carbonyl (C=O) groups is 1. The van der Waals surface area contributed by atoms with E-state index in [2.05, 4.69) is 22.2 Å². The van der Waals surface area contributed by atoms with Gasteiger partial charge in [-0.05, 0) is 20.0 Å². The van der Waals surface area contributed by atoms with Crippen LogP contribution in [0.2, 0.25) is 0 Å². The van der Waals surface area contributed by atoms with E-state index < -0.39 is 0 Å². The van der Waals surface area contributed by atoms with Crippen molar-refractivity contribution in [3.8, 4) is 0 Å². The van der Waals surface area contributed by atoms with E-state index in [0.29, 0.717) is 5.91 Å². The SMILES string of the molecule is CN1CCN(CCCN(C)C(=O)C2CNC2)CC1. The van der Waals surface area contributed by atoms with Crippen LogP contribution in [-0.4, -0.2) is 87.1 Å². The fourth-order valence-corrected chi connectivity index (χ4v) is 2.49. The Morgan fingerprint density at radius 3 is 2.50 bits per heavy atom. The molecule has 1 N–H and O–H groups in total. The molecule has 2 heterocycles. The molecule has 0 unspecified atom stereocenters. The quantitative estimate of drug-likeness (QED) is 0.704. The Morgan fingerprint density at radius 1 is 1.28 bits per heavy atom. The van der Waals surface area contributed by atoms with Crippen molar-refractivity contribution in [1.82, 2.24) is 20.0 Å². The Kier molecular flexibility index (Phi) is 4.97. The lowest BCUT2D eigenvalue weighted by Gasteiger charge is -2.33. The molecular formula is C13H26N4O. The van der Waals surface area contributed by atoms with Crippen molar-refractivity contribution < 1.29 is 4.79 Å². The van der Waals surface area contributed by atoms with Gasteiger partial charge in [-0.1, -0.05) is 0 Å². The van der Waals surface area contributed by atoms with Crippen molar-refractivity contribution in [3.05, 3.63) is 0 Å². The highest BCUT2D eigenvalue weighted by Gasteiger charge is 2.27. The van der Waals surface area contributed by atoms with E-state index in [4.69, 9.17) is 0 Å². The second-order valence-corrected chi connectivity index (χ2v) is 5.61. The maximum Gasteiger partial charge on any atom is 0.227 e. The van der Waals surface area contributed by atoms with Crippen molar-refractivity contribution in [2.24, 2.45) is 5.92 Å². The Hall–Kier alpha value is -0.650. The summed E-state index contributed by atoms with van der Waals surface area (Å²) >= 11 is 0. The molecule has 0 atom stereocenters. The van der Waals surface area contributed by atoms with Gasteiger partial charge >= 0.3 is 0 Å². The zero-order chi connectivity index (χ0) is 13.0. The lowest BCUT2D eigenvalue weighted by Crippen LogP contribution is -2.51. The molecule has 0 aromatic carbocycles. The van der Waals surface area contributed by atoms with Crippen molar-refractivity contribution in [3.63, 3.8) is 0 Å². The maximum absolute atomic E-state index is 11.9. The predicted octanol–water partition coefficient (Wildman–Crippen LogP) is -0.698. The van der Waals surface area contributed by atoms with Crippen LogP contribution in [-0.2, 0) is 4.79 Å². The predicted molar refractivity (Wildman–Crippen MR) is 72.6 cm³/mol. The molecule has 2 rings (SSSR count). The third-order valence-corrected chi connectivity index (χ3v) is 4.07. The molecule has 0 aliphatic carbocycles. The number of hydrogen-bond acceptors (Lipinski definition) is 4. The minimum Gasteiger partial charge on any atom is -0.345 e. The summed E-state index contributed by atoms with van der Waals surface area (Å²) in [6.45, 7) is 8.41. The van der Waals surface area contributed by atoms with Crippen molar-refractivity contribution in [1.29, 1.82) is 0 Å². The molecule has 2 aliphatic rings. The van der Waals surface area contributed by atoms with Crippen LogP contribution in [0.3, 0.4) is 0 Å². The lowest BCUT2D eigenvalue weighted by molar-refractivity contribution is -0.135. The molecule has 0 bridgehead atoms. The van der Waals surface area contributed by atoms with E-state index in [1.807, 2.05) is 11.9 Å². The van der Waals surface area contributed by atoms with Crippen LogP contribution in [0.25, 0.3) is 0 Å². The molecule has 0 aromatic heterocycles. The summed E-state index contributed by atoms with van der Waals surface area (Å²) in [5, 5.41) is 3.15. The van der Waals surface area contributed by atoms with Gasteiger partial charge in [0.1, 0.15) is 0 Å². The Labute approximate surface area is 110 Å². The number of piperazine rings is 1. The van der Waals surface area contributed by atoms with Gasteiger partial charge < -0.3 is 20.0 Å². The molecule has 5 heteroatoms. The topological polar surface area (TPSA) is 38.8 Å². The van der Waals surface area contributed by atoms with Crippen molar-refractivity contribution in [2.45, 2.75) is 6.42 Å². The third kappa shape index (κ3) is 3.67. The smallest absolute Gasteiger partial charge is 0.227 e. The van der Waals surface area contributed by atoms with Crippen LogP contribution in [0.4, 0.5) is 0 Å². The van der Waals surface area contributed by atoms with E-state index >= 15 is 0 Å². The van der Waals surface area contributed by atoms with Gasteiger partial charge in [0.2, 0.25) is 5.91 Å². The van der Waals surface area contributed by atoms with Gasteiger partial charge in [0.25, 0.3) is 0 Å². The van der Waals surface area contributed by atoms with Gasteiger partial charge in [-0.25, -0.2) is 0 Å². The number of rotatable bonds is 5. The number of amides is 1. The minimum absolute atomic E-state index is 0.235. The summed E-state index contributed by atoms with van der Waals surface area (Å²) in [5.74, 6) is 0.547. The zero-order valence-electron chi connectivity index (χ0n) is 11.7. The Bertz CT molecular complexity index is 272. The van der Waals surface area contributed by atoms with Crippen LogP contribution < -0.4 is 5.32 Å². The highest BCUT2D eigenvalue weighted by molar-refractivity contribution is 5.79. The van der Waals surface area contributed by atoms with Gasteiger partial charge in [0, 0.05) is 52.9 Å². The number of likely N-dealkylation sites (N-methyl/N-ethyl adjacent to an activating group) is 1. The molecule has 18 heavy (non-hydrogen) atoms. The van der Waals surface area contributed by atoms with E-state index in [-0.39, 0.29) is 5.92 Å². The number of nitrogens with zero attached hydrogens (tertiary/aromatic N) is 3. The van der Waals surface area contributed by atoms with E-state index in [1.54, 1.807) is 0 Å². The largest absolute Gasteiger partial charge is 0.345 e. The summed E-state index contributed by atoms with van der Waals surface area (Å²) in [4.78, 5) is 18.7. The van der Waals surface area contributed by atoms with Crippen molar-refractivity contribution in [2.75, 3.05) is 66.5 Å². The maximum atomic E-state index is 11.9. The second kappa shape index (κ2) is 6.50. The number of carbonyl (C=O) groups excluding carboxylic acids is 1. The standard InChI is InChI=1S/C13H26N4O/c1-15-6-8-17(9-7-15)5-3-4-16(2)13(18)12-10-14-11-12/h12,14H,3-11H2,1-2H3. The van der Waals surface area contributed by atoms with Gasteiger partial charge in [0.15, 0.2) is 0 Å². The van der Waals surface area contributed by atoms with E-state index in [9.17, 15) is 4.79 Å². The fraction of sp³-hybridized carbons (Fsp3) is 0.923. The molecule has 104 valence electrons. The third-order valence-electron chi connectivity index (χ3n) is 4.07. The lowest BCUT2D eigenvalue weighted by atomic mass is 10.0. The first kappa shape index (κ1) is 13.8. The first-order valence-corrected chi connectivity index (χ1v) is 7.03. The molecule has 0 radical (unpaired) electrons. The average molecular weight is 254 g/mol. The average Bonchev–Trinajstić information content (AvgIpc) is 2.29. The number of hydrogen-bond donors (Lipinski definition) is 1. The van der Waals surface area contributed by atoms with Crippen LogP contribution in [0.5, 0.6) is 0 Å². The molecule has 0 aromatic rings. The van der Waals surface area contributed by atoms with Gasteiger partial charge in [-0.3, -0.25) is 4.79 Å². The Morgan fingerprint density at radius 2 is 1.94 bits per heavy atom. The van der Waals surface area contributed by atoms with Crippen LogP contribution in [0.1, 0.15) is 6.42 Å². The number of nitrogens with one attached hydrogen (secondary N) is 1. The summed E-state index contributed by atoms with van der Waals surface area (Å²) in [5.41, 5.74) is 0. The van der Waals surface area contributed by atoms with E-state index in [0.717, 1.165) is 32.6 Å². The zero-order valence-corrected chi connectivity index (χ0v) is 11.7. The molecule has 0 spiro atoms. The first-order valence-electron chi connectivity index (χ1n) is 7.03. The summed E-state index contributed by atoms with van der Waals surface area (Å²) in [7, 11) is 4.11. The highest BCUT2D eigenvalue weighted by Crippen LogP contribution is 2.07. The molecule has 0 saturated carbocycles. The molecule has 2 saturated heterocycles. The normalized spacial score (nSPS) is 22.8. The van der Waals surface area contributed by atoms with E-state index in [1.165, 1.54) is 26.2 Å². The van der Waals surface area contributed by atoms with Gasteiger partial charge in [0.05, 0.1) is 5.92 Å². The highest BCUT2D eigenvalue weighted by atomic mass is 16.2. The van der Waals surface area contributed by atoms with Gasteiger partial charge in [-0.2, -0.15) is 0 Å². The molecule has 5 nitrogen and oxygen atoms in total. The van der Waals surface area contributed by atoms with Gasteiger partial charge in [-0.15, -0.1) is 0 Å². The van der Waals surface area contributed by atoms with Crippen LogP contribution >= 0.6 is 0 Å². The Balaban J connectivity index is 1.58. The second-order valence-electron chi connectivity index (χ2n) is 5.61. The molecule has 2 fully saturated rings. The molecule has 2 aliphatic heterocycles. The van der Waals surface area contributed by atoms with Crippen molar-refractivity contribution >= 4 is 5.91 Å². The van der Waals surface area contributed by atoms with Crippen LogP contribution in [0.15, 0.2) is 0 Å². The summed E-state index contributed by atoms with van der Waals surface area (Å²) < 4.78 is 0. The van der Waals surface area contributed by atoms with Crippen LogP contribution in [0, 0.1) is 5.92 Å².